The molecule has 2 nitrogen and oxygen atoms in total. The van der Waals surface area contributed by atoms with E-state index in [2.05, 4.69) is 0 Å². The maximum Gasteiger partial charge on any atom is 0.165 e. The molecule has 0 saturated carbocycles. The molecular formula is C13H12ClFO2S. The summed E-state index contributed by atoms with van der Waals surface area (Å²) in [5, 5.41) is 9.33. The van der Waals surface area contributed by atoms with E-state index >= 15 is 0 Å². The highest BCUT2D eigenvalue weighted by Crippen LogP contribution is 2.25. The first-order valence-corrected chi connectivity index (χ1v) is 6.60. The molecule has 18 heavy (non-hydrogen) atoms. The second kappa shape index (κ2) is 5.69. The van der Waals surface area contributed by atoms with Crippen LogP contribution in [0.4, 0.5) is 4.39 Å². The number of aliphatic hydroxyl groups is 1. The Balaban J connectivity index is 2.05. The summed E-state index contributed by atoms with van der Waals surface area (Å²) >= 11 is 7.19. The zero-order chi connectivity index (χ0) is 13.1. The fourth-order valence-corrected chi connectivity index (χ4v) is 2.47. The number of hydrogen-bond donors (Lipinski definition) is 1. The Labute approximate surface area is 114 Å². The Morgan fingerprint density at radius 2 is 2.17 bits per heavy atom. The molecule has 5 heteroatoms. The van der Waals surface area contributed by atoms with Crippen molar-refractivity contribution < 1.29 is 14.2 Å². The Morgan fingerprint density at radius 3 is 2.72 bits per heavy atom. The minimum absolute atomic E-state index is 0.170. The number of benzene rings is 1. The molecule has 1 aromatic heterocycles. The molecule has 0 aliphatic rings. The van der Waals surface area contributed by atoms with Gasteiger partial charge in [0.15, 0.2) is 11.6 Å². The first-order valence-electron chi connectivity index (χ1n) is 5.41. The molecule has 2 aromatic rings. The largest absolute Gasteiger partial charge is 0.485 e. The Bertz CT molecular complexity index is 540. The van der Waals surface area contributed by atoms with Gasteiger partial charge in [-0.25, -0.2) is 4.39 Å². The molecule has 0 amide bonds. The third-order valence-corrected chi connectivity index (χ3v) is 3.64. The van der Waals surface area contributed by atoms with Crippen LogP contribution in [-0.4, -0.2) is 5.11 Å². The van der Waals surface area contributed by atoms with E-state index in [4.69, 9.17) is 16.3 Å². The Hall–Kier alpha value is -1.10. The van der Waals surface area contributed by atoms with Gasteiger partial charge in [0, 0.05) is 4.88 Å². The second-order valence-corrected chi connectivity index (χ2v) is 5.66. The van der Waals surface area contributed by atoms with Crippen molar-refractivity contribution in [3.05, 3.63) is 50.9 Å². The van der Waals surface area contributed by atoms with Crippen LogP contribution in [0.15, 0.2) is 30.3 Å². The highest BCUT2D eigenvalue weighted by atomic mass is 35.5. The van der Waals surface area contributed by atoms with Crippen LogP contribution in [0.2, 0.25) is 4.34 Å². The summed E-state index contributed by atoms with van der Waals surface area (Å²) in [6.45, 7) is 1.87. The topological polar surface area (TPSA) is 29.5 Å². The van der Waals surface area contributed by atoms with Crippen LogP contribution in [0, 0.1) is 5.82 Å². The molecule has 2 rings (SSSR count). The molecule has 0 fully saturated rings. The first-order chi connectivity index (χ1) is 8.56. The van der Waals surface area contributed by atoms with Gasteiger partial charge >= 0.3 is 0 Å². The van der Waals surface area contributed by atoms with Crippen molar-refractivity contribution in [2.75, 3.05) is 0 Å². The molecule has 0 aliphatic carbocycles. The van der Waals surface area contributed by atoms with Crippen molar-refractivity contribution in [2.24, 2.45) is 0 Å². The van der Waals surface area contributed by atoms with Gasteiger partial charge in [0.2, 0.25) is 0 Å². The quantitative estimate of drug-likeness (QED) is 0.914. The molecule has 1 aromatic carbocycles. The van der Waals surface area contributed by atoms with Crippen molar-refractivity contribution >= 4 is 22.9 Å². The van der Waals surface area contributed by atoms with E-state index in [0.717, 1.165) is 4.88 Å². The van der Waals surface area contributed by atoms with Gasteiger partial charge in [-0.2, -0.15) is 0 Å². The van der Waals surface area contributed by atoms with Crippen molar-refractivity contribution in [3.63, 3.8) is 0 Å². The lowest BCUT2D eigenvalue weighted by Crippen LogP contribution is -1.98. The maximum absolute atomic E-state index is 13.7. The van der Waals surface area contributed by atoms with E-state index in [-0.39, 0.29) is 12.4 Å². The van der Waals surface area contributed by atoms with E-state index in [1.807, 2.05) is 6.07 Å². The average Bonchev–Trinajstić information content (AvgIpc) is 2.73. The molecule has 1 heterocycles. The monoisotopic (exact) mass is 286 g/mol. The number of aliphatic hydroxyl groups excluding tert-OH is 1. The highest BCUT2D eigenvalue weighted by Gasteiger charge is 2.08. The minimum atomic E-state index is -0.690. The summed E-state index contributed by atoms with van der Waals surface area (Å²) in [6.07, 6.45) is -0.690. The van der Waals surface area contributed by atoms with E-state index in [9.17, 15) is 9.50 Å². The van der Waals surface area contributed by atoms with Gasteiger partial charge in [-0.15, -0.1) is 11.3 Å². The molecule has 1 atom stereocenters. The lowest BCUT2D eigenvalue weighted by atomic mass is 10.1. The second-order valence-electron chi connectivity index (χ2n) is 3.86. The molecule has 0 spiro atoms. The molecule has 0 saturated heterocycles. The van der Waals surface area contributed by atoms with Gasteiger partial charge in [0.1, 0.15) is 6.61 Å². The summed E-state index contributed by atoms with van der Waals surface area (Å²) in [5.74, 6) is -0.306. The lowest BCUT2D eigenvalue weighted by Gasteiger charge is -2.09. The molecule has 0 bridgehead atoms. The summed E-state index contributed by atoms with van der Waals surface area (Å²) in [6, 6.07) is 8.06. The summed E-state index contributed by atoms with van der Waals surface area (Å²) < 4.78 is 19.7. The number of ether oxygens (including phenoxy) is 1. The fourth-order valence-electron chi connectivity index (χ4n) is 1.47. The van der Waals surface area contributed by atoms with Crippen LogP contribution in [0.1, 0.15) is 23.5 Å². The van der Waals surface area contributed by atoms with Gasteiger partial charge in [-0.05, 0) is 36.8 Å². The summed E-state index contributed by atoms with van der Waals surface area (Å²) in [7, 11) is 0. The summed E-state index contributed by atoms with van der Waals surface area (Å²) in [5.41, 5.74) is 0.527. The predicted octanol–water partition coefficient (Wildman–Crippen LogP) is 4.17. The lowest BCUT2D eigenvalue weighted by molar-refractivity contribution is 0.198. The molecule has 1 unspecified atom stereocenters. The van der Waals surface area contributed by atoms with Gasteiger partial charge in [-0.1, -0.05) is 17.7 Å². The SMILES string of the molecule is CC(O)c1ccc(OCc2ccc(Cl)s2)c(F)c1. The van der Waals surface area contributed by atoms with Crippen LogP contribution in [0.25, 0.3) is 0 Å². The standard InChI is InChI=1S/C13H12ClFO2S/c1-8(16)9-2-4-12(11(15)6-9)17-7-10-3-5-13(14)18-10/h2-6,8,16H,7H2,1H3. The van der Waals surface area contributed by atoms with Crippen LogP contribution in [-0.2, 0) is 6.61 Å². The average molecular weight is 287 g/mol. The zero-order valence-electron chi connectivity index (χ0n) is 9.69. The molecule has 0 radical (unpaired) electrons. The van der Waals surface area contributed by atoms with Crippen LogP contribution < -0.4 is 4.74 Å². The van der Waals surface area contributed by atoms with Gasteiger partial charge in [0.05, 0.1) is 10.4 Å². The number of halogens is 2. The van der Waals surface area contributed by atoms with Crippen molar-refractivity contribution in [1.82, 2.24) is 0 Å². The molecular weight excluding hydrogens is 275 g/mol. The van der Waals surface area contributed by atoms with Crippen molar-refractivity contribution in [3.8, 4) is 5.75 Å². The van der Waals surface area contributed by atoms with Crippen molar-refractivity contribution in [2.45, 2.75) is 19.6 Å². The zero-order valence-corrected chi connectivity index (χ0v) is 11.3. The minimum Gasteiger partial charge on any atom is -0.485 e. The predicted molar refractivity (Wildman–Crippen MR) is 70.7 cm³/mol. The number of rotatable bonds is 4. The van der Waals surface area contributed by atoms with Gasteiger partial charge in [0.25, 0.3) is 0 Å². The van der Waals surface area contributed by atoms with Crippen LogP contribution in [0.5, 0.6) is 5.75 Å². The van der Waals surface area contributed by atoms with E-state index < -0.39 is 11.9 Å². The molecule has 96 valence electrons. The Morgan fingerprint density at radius 1 is 1.39 bits per heavy atom. The van der Waals surface area contributed by atoms with Crippen LogP contribution >= 0.6 is 22.9 Å². The smallest absolute Gasteiger partial charge is 0.165 e. The third-order valence-electron chi connectivity index (χ3n) is 2.44. The van der Waals surface area contributed by atoms with Crippen LogP contribution in [0.3, 0.4) is 0 Å². The normalized spacial score (nSPS) is 12.4. The van der Waals surface area contributed by atoms with E-state index in [1.54, 1.807) is 19.1 Å². The number of hydrogen-bond acceptors (Lipinski definition) is 3. The fraction of sp³-hybridized carbons (Fsp3) is 0.231. The van der Waals surface area contributed by atoms with E-state index in [1.165, 1.54) is 23.5 Å². The molecule has 0 aliphatic heterocycles. The van der Waals surface area contributed by atoms with Gasteiger partial charge in [-0.3, -0.25) is 0 Å². The van der Waals surface area contributed by atoms with Gasteiger partial charge < -0.3 is 9.84 Å². The number of thiophene rings is 1. The Kier molecular flexibility index (Phi) is 4.22. The van der Waals surface area contributed by atoms with Crippen molar-refractivity contribution in [1.29, 1.82) is 0 Å². The third kappa shape index (κ3) is 3.22. The van der Waals surface area contributed by atoms with E-state index in [0.29, 0.717) is 9.90 Å². The maximum atomic E-state index is 13.7. The highest BCUT2D eigenvalue weighted by molar-refractivity contribution is 7.16. The summed E-state index contributed by atoms with van der Waals surface area (Å²) in [4.78, 5) is 0.930. The first kappa shape index (κ1) is 13.3. The molecule has 1 N–H and O–H groups in total.